The first-order chi connectivity index (χ1) is 9.95. The Morgan fingerprint density at radius 3 is 2.81 bits per heavy atom. The molecule has 0 aromatic carbocycles. The van der Waals surface area contributed by atoms with Gasteiger partial charge >= 0.3 is 0 Å². The number of aromatic nitrogens is 1. The van der Waals surface area contributed by atoms with Crippen molar-refractivity contribution in [2.75, 3.05) is 7.05 Å². The second kappa shape index (κ2) is 5.82. The molecule has 110 valence electrons. The number of nitrogens with zero attached hydrogens (tertiary/aromatic N) is 2. The van der Waals surface area contributed by atoms with Gasteiger partial charge in [0.2, 0.25) is 11.8 Å². The lowest BCUT2D eigenvalue weighted by atomic mass is 10.0. The van der Waals surface area contributed by atoms with E-state index in [1.807, 2.05) is 0 Å². The highest BCUT2D eigenvalue weighted by molar-refractivity contribution is 6.05. The Hall–Kier alpha value is -2.57. The summed E-state index contributed by atoms with van der Waals surface area (Å²) in [6.07, 6.45) is 2.45. The van der Waals surface area contributed by atoms with Gasteiger partial charge in [0.1, 0.15) is 11.7 Å². The maximum Gasteiger partial charge on any atom is 0.273 e. The van der Waals surface area contributed by atoms with Crippen LogP contribution in [0, 0.1) is 6.92 Å². The van der Waals surface area contributed by atoms with E-state index < -0.39 is 17.9 Å². The first-order valence-electron chi connectivity index (χ1n) is 6.47. The average Bonchev–Trinajstić information content (AvgIpc) is 2.45. The van der Waals surface area contributed by atoms with Crippen LogP contribution in [0.2, 0.25) is 0 Å². The molecule has 1 aromatic heterocycles. The minimum absolute atomic E-state index is 0.0113. The molecule has 1 saturated heterocycles. The van der Waals surface area contributed by atoms with Crippen molar-refractivity contribution in [3.63, 3.8) is 0 Å². The molecule has 21 heavy (non-hydrogen) atoms. The molecule has 0 saturated carbocycles. The standard InChI is InChI=1S/C14H15N3O4/c1-8-5-6-15-12(9(8)7-18)14(21)17(2)10-3-4-11(19)16-13(10)20/h5-7,10H,3-4H2,1-2H3,(H,16,19,20). The van der Waals surface area contributed by atoms with E-state index in [0.717, 1.165) is 0 Å². The van der Waals surface area contributed by atoms with Crippen LogP contribution in [0.1, 0.15) is 39.3 Å². The summed E-state index contributed by atoms with van der Waals surface area (Å²) in [5.41, 5.74) is 0.860. The summed E-state index contributed by atoms with van der Waals surface area (Å²) in [7, 11) is 1.46. The number of likely N-dealkylation sites (N-methyl/N-ethyl adjacent to an activating group) is 1. The number of imide groups is 1. The van der Waals surface area contributed by atoms with E-state index in [-0.39, 0.29) is 30.0 Å². The van der Waals surface area contributed by atoms with Crippen molar-refractivity contribution in [3.05, 3.63) is 29.1 Å². The molecule has 7 nitrogen and oxygen atoms in total. The highest BCUT2D eigenvalue weighted by Gasteiger charge is 2.33. The van der Waals surface area contributed by atoms with Gasteiger partial charge in [0.15, 0.2) is 6.29 Å². The molecule has 2 heterocycles. The molecule has 1 N–H and O–H groups in total. The Kier molecular flexibility index (Phi) is 4.11. The van der Waals surface area contributed by atoms with Gasteiger partial charge in [-0.05, 0) is 25.0 Å². The zero-order chi connectivity index (χ0) is 15.6. The topological polar surface area (TPSA) is 96.4 Å². The zero-order valence-electron chi connectivity index (χ0n) is 11.8. The van der Waals surface area contributed by atoms with Crippen LogP contribution >= 0.6 is 0 Å². The average molecular weight is 289 g/mol. The molecule has 0 aliphatic carbocycles. The van der Waals surface area contributed by atoms with Crippen molar-refractivity contribution in [1.29, 1.82) is 0 Å². The van der Waals surface area contributed by atoms with Crippen LogP contribution in [0.25, 0.3) is 0 Å². The Labute approximate surface area is 121 Å². The van der Waals surface area contributed by atoms with Crippen molar-refractivity contribution in [1.82, 2.24) is 15.2 Å². The maximum absolute atomic E-state index is 12.4. The number of carbonyl (C=O) groups is 4. The zero-order valence-corrected chi connectivity index (χ0v) is 11.8. The van der Waals surface area contributed by atoms with E-state index in [0.29, 0.717) is 11.8 Å². The summed E-state index contributed by atoms with van der Waals surface area (Å²) in [5, 5.41) is 2.19. The molecular formula is C14H15N3O4. The number of rotatable bonds is 3. The molecule has 1 unspecified atom stereocenters. The number of aldehydes is 1. The number of nitrogens with one attached hydrogen (secondary N) is 1. The van der Waals surface area contributed by atoms with E-state index in [4.69, 9.17) is 0 Å². The Morgan fingerprint density at radius 1 is 1.48 bits per heavy atom. The fourth-order valence-corrected chi connectivity index (χ4v) is 2.25. The van der Waals surface area contributed by atoms with Gasteiger partial charge in [0.05, 0.1) is 0 Å². The fraction of sp³-hybridized carbons (Fsp3) is 0.357. The molecule has 1 aliphatic heterocycles. The SMILES string of the molecule is Cc1ccnc(C(=O)N(C)C2CCC(=O)NC2=O)c1C=O. The lowest BCUT2D eigenvalue weighted by Crippen LogP contribution is -2.53. The Balaban J connectivity index is 2.28. The van der Waals surface area contributed by atoms with Crippen molar-refractivity contribution in [2.45, 2.75) is 25.8 Å². The Morgan fingerprint density at radius 2 is 2.19 bits per heavy atom. The number of pyridine rings is 1. The van der Waals surface area contributed by atoms with E-state index in [2.05, 4.69) is 10.3 Å². The van der Waals surface area contributed by atoms with Crippen LogP contribution in [0.15, 0.2) is 12.3 Å². The van der Waals surface area contributed by atoms with E-state index in [1.165, 1.54) is 18.1 Å². The molecule has 1 aliphatic rings. The van der Waals surface area contributed by atoms with Gasteiger partial charge in [-0.1, -0.05) is 0 Å². The number of hydrogen-bond acceptors (Lipinski definition) is 5. The lowest BCUT2D eigenvalue weighted by Gasteiger charge is -2.29. The molecular weight excluding hydrogens is 274 g/mol. The molecule has 3 amide bonds. The molecule has 1 atom stereocenters. The van der Waals surface area contributed by atoms with Crippen molar-refractivity contribution >= 4 is 24.0 Å². The molecule has 1 fully saturated rings. The van der Waals surface area contributed by atoms with Gasteiger partial charge in [-0.3, -0.25) is 29.5 Å². The molecule has 1 aromatic rings. The number of piperidine rings is 1. The molecule has 0 radical (unpaired) electrons. The largest absolute Gasteiger partial charge is 0.328 e. The van der Waals surface area contributed by atoms with Crippen LogP contribution in [-0.2, 0) is 9.59 Å². The van der Waals surface area contributed by atoms with E-state index in [1.54, 1.807) is 13.0 Å². The van der Waals surface area contributed by atoms with Gasteiger partial charge in [0, 0.05) is 25.2 Å². The smallest absolute Gasteiger partial charge is 0.273 e. The predicted molar refractivity (Wildman–Crippen MR) is 72.6 cm³/mol. The van der Waals surface area contributed by atoms with Crippen molar-refractivity contribution in [2.24, 2.45) is 0 Å². The predicted octanol–water partition coefficient (Wildman–Crippen LogP) is 0.0797. The van der Waals surface area contributed by atoms with Gasteiger partial charge in [-0.25, -0.2) is 0 Å². The summed E-state index contributed by atoms with van der Waals surface area (Å²) in [6, 6.07) is 0.893. The Bertz CT molecular complexity index is 627. The van der Waals surface area contributed by atoms with Crippen molar-refractivity contribution < 1.29 is 19.2 Å². The van der Waals surface area contributed by atoms with Gasteiger partial charge < -0.3 is 4.90 Å². The van der Waals surface area contributed by atoms with Gasteiger partial charge in [-0.2, -0.15) is 0 Å². The van der Waals surface area contributed by atoms with Crippen LogP contribution in [0.3, 0.4) is 0 Å². The van der Waals surface area contributed by atoms with Crippen LogP contribution < -0.4 is 5.32 Å². The summed E-state index contributed by atoms with van der Waals surface area (Å²) in [4.78, 5) is 51.7. The second-order valence-electron chi connectivity index (χ2n) is 4.89. The van der Waals surface area contributed by atoms with Gasteiger partial charge in [-0.15, -0.1) is 0 Å². The van der Waals surface area contributed by atoms with E-state index in [9.17, 15) is 19.2 Å². The normalized spacial score (nSPS) is 18.1. The molecule has 2 rings (SSSR count). The molecule has 0 bridgehead atoms. The summed E-state index contributed by atoms with van der Waals surface area (Å²) < 4.78 is 0. The monoisotopic (exact) mass is 289 g/mol. The van der Waals surface area contributed by atoms with Crippen LogP contribution in [-0.4, -0.2) is 47.0 Å². The maximum atomic E-state index is 12.4. The minimum Gasteiger partial charge on any atom is -0.328 e. The minimum atomic E-state index is -0.739. The first kappa shape index (κ1) is 14.8. The quantitative estimate of drug-likeness (QED) is 0.628. The second-order valence-corrected chi connectivity index (χ2v) is 4.89. The number of hydrogen-bond donors (Lipinski definition) is 1. The fourth-order valence-electron chi connectivity index (χ4n) is 2.25. The highest BCUT2D eigenvalue weighted by Crippen LogP contribution is 2.16. The highest BCUT2D eigenvalue weighted by atomic mass is 16.2. The summed E-state index contributed by atoms with van der Waals surface area (Å²) >= 11 is 0. The number of carbonyl (C=O) groups excluding carboxylic acids is 4. The third-order valence-electron chi connectivity index (χ3n) is 3.53. The molecule has 7 heteroatoms. The first-order valence-corrected chi connectivity index (χ1v) is 6.47. The van der Waals surface area contributed by atoms with Gasteiger partial charge in [0.25, 0.3) is 5.91 Å². The lowest BCUT2D eigenvalue weighted by molar-refractivity contribution is -0.136. The van der Waals surface area contributed by atoms with E-state index >= 15 is 0 Å². The summed E-state index contributed by atoms with van der Waals surface area (Å²) in [5.74, 6) is -1.38. The van der Waals surface area contributed by atoms with Crippen LogP contribution in [0.5, 0.6) is 0 Å². The number of amides is 3. The van der Waals surface area contributed by atoms with Crippen LogP contribution in [0.4, 0.5) is 0 Å². The third-order valence-corrected chi connectivity index (χ3v) is 3.53. The summed E-state index contributed by atoms with van der Waals surface area (Å²) in [6.45, 7) is 1.70. The third kappa shape index (κ3) is 2.81. The van der Waals surface area contributed by atoms with Crippen molar-refractivity contribution in [3.8, 4) is 0 Å². The molecule has 0 spiro atoms. The number of aryl methyl sites for hydroxylation is 1.